The Bertz CT molecular complexity index is 320. The van der Waals surface area contributed by atoms with Crippen molar-refractivity contribution in [1.29, 1.82) is 0 Å². The van der Waals surface area contributed by atoms with E-state index in [1.807, 2.05) is 19.1 Å². The average molecular weight is 191 g/mol. The van der Waals surface area contributed by atoms with Crippen molar-refractivity contribution in [2.75, 3.05) is 6.54 Å². The van der Waals surface area contributed by atoms with Crippen molar-refractivity contribution in [3.05, 3.63) is 42.0 Å². The number of hydrogen-bond acceptors (Lipinski definition) is 2. The van der Waals surface area contributed by atoms with E-state index in [1.54, 1.807) is 12.1 Å². The molecule has 1 aromatic carbocycles. The molecule has 0 aliphatic carbocycles. The Labute approximate surface area is 85.3 Å². The molecule has 0 fully saturated rings. The average Bonchev–Trinajstić information content (AvgIpc) is 2.14. The predicted octanol–water partition coefficient (Wildman–Crippen LogP) is 2.62. The maximum absolute atomic E-state index is 9.29. The van der Waals surface area contributed by atoms with E-state index in [0.29, 0.717) is 5.75 Å². The first kappa shape index (κ1) is 10.8. The zero-order valence-electron chi connectivity index (χ0n) is 8.75. The molecule has 1 rings (SSSR count). The number of benzene rings is 1. The topological polar surface area (TPSA) is 32.3 Å². The van der Waals surface area contributed by atoms with Crippen molar-refractivity contribution in [2.24, 2.45) is 0 Å². The standard InChI is InChI=1S/C12H17NO/c1-9(2)8-13-10(3)11-5-4-6-12(14)7-11/h4-7,10,13-14H,1,8H2,2-3H3. The predicted molar refractivity (Wildman–Crippen MR) is 59.3 cm³/mol. The van der Waals surface area contributed by atoms with E-state index >= 15 is 0 Å². The van der Waals surface area contributed by atoms with Crippen LogP contribution in [0.3, 0.4) is 0 Å². The molecular weight excluding hydrogens is 174 g/mol. The summed E-state index contributed by atoms with van der Waals surface area (Å²) < 4.78 is 0. The molecule has 0 aliphatic heterocycles. The summed E-state index contributed by atoms with van der Waals surface area (Å²) in [5, 5.41) is 12.6. The fourth-order valence-corrected chi connectivity index (χ4v) is 1.24. The highest BCUT2D eigenvalue weighted by Crippen LogP contribution is 2.17. The molecule has 14 heavy (non-hydrogen) atoms. The molecule has 1 aromatic rings. The molecule has 2 heteroatoms. The highest BCUT2D eigenvalue weighted by atomic mass is 16.3. The Hall–Kier alpha value is -1.28. The Kier molecular flexibility index (Phi) is 3.72. The summed E-state index contributed by atoms with van der Waals surface area (Å²) in [6, 6.07) is 7.53. The zero-order chi connectivity index (χ0) is 10.6. The van der Waals surface area contributed by atoms with Gasteiger partial charge in [-0.05, 0) is 31.5 Å². The van der Waals surface area contributed by atoms with Crippen molar-refractivity contribution in [1.82, 2.24) is 5.32 Å². The summed E-state index contributed by atoms with van der Waals surface area (Å²) in [4.78, 5) is 0. The van der Waals surface area contributed by atoms with E-state index in [-0.39, 0.29) is 6.04 Å². The summed E-state index contributed by atoms with van der Waals surface area (Å²) in [5.41, 5.74) is 2.20. The third-order valence-corrected chi connectivity index (χ3v) is 2.08. The van der Waals surface area contributed by atoms with Gasteiger partial charge in [-0.15, -0.1) is 0 Å². The molecule has 0 bridgehead atoms. The van der Waals surface area contributed by atoms with E-state index in [0.717, 1.165) is 17.7 Å². The first-order chi connectivity index (χ1) is 6.59. The molecule has 0 saturated carbocycles. The molecule has 0 saturated heterocycles. The molecule has 1 unspecified atom stereocenters. The van der Waals surface area contributed by atoms with E-state index in [4.69, 9.17) is 0 Å². The highest BCUT2D eigenvalue weighted by molar-refractivity contribution is 5.29. The van der Waals surface area contributed by atoms with Gasteiger partial charge in [-0.25, -0.2) is 0 Å². The maximum atomic E-state index is 9.29. The van der Waals surface area contributed by atoms with Gasteiger partial charge in [0.2, 0.25) is 0 Å². The van der Waals surface area contributed by atoms with Gasteiger partial charge < -0.3 is 10.4 Å². The lowest BCUT2D eigenvalue weighted by molar-refractivity contribution is 0.472. The molecule has 2 nitrogen and oxygen atoms in total. The first-order valence-electron chi connectivity index (χ1n) is 4.76. The molecule has 0 radical (unpaired) electrons. The lowest BCUT2D eigenvalue weighted by Crippen LogP contribution is -2.20. The van der Waals surface area contributed by atoms with E-state index in [9.17, 15) is 5.11 Å². The van der Waals surface area contributed by atoms with Gasteiger partial charge in [-0.2, -0.15) is 0 Å². The molecule has 0 spiro atoms. The van der Waals surface area contributed by atoms with Gasteiger partial charge in [0, 0.05) is 12.6 Å². The van der Waals surface area contributed by atoms with Crippen molar-refractivity contribution >= 4 is 0 Å². The summed E-state index contributed by atoms with van der Waals surface area (Å²) in [7, 11) is 0. The second-order valence-corrected chi connectivity index (χ2v) is 3.65. The van der Waals surface area contributed by atoms with Crippen LogP contribution in [0.1, 0.15) is 25.5 Å². The number of nitrogens with one attached hydrogen (secondary N) is 1. The SMILES string of the molecule is C=C(C)CNC(C)c1cccc(O)c1. The van der Waals surface area contributed by atoms with Crippen LogP contribution >= 0.6 is 0 Å². The smallest absolute Gasteiger partial charge is 0.115 e. The third-order valence-electron chi connectivity index (χ3n) is 2.08. The molecule has 0 aliphatic rings. The summed E-state index contributed by atoms with van der Waals surface area (Å²) in [6.07, 6.45) is 0. The number of phenols is 1. The van der Waals surface area contributed by atoms with Crippen LogP contribution in [0.2, 0.25) is 0 Å². The number of phenolic OH excluding ortho intramolecular Hbond substituents is 1. The van der Waals surface area contributed by atoms with Crippen molar-refractivity contribution in [3.8, 4) is 5.75 Å². The Morgan fingerprint density at radius 1 is 1.57 bits per heavy atom. The van der Waals surface area contributed by atoms with Crippen LogP contribution in [0.4, 0.5) is 0 Å². The minimum Gasteiger partial charge on any atom is -0.508 e. The van der Waals surface area contributed by atoms with E-state index in [1.165, 1.54) is 0 Å². The maximum Gasteiger partial charge on any atom is 0.115 e. The second-order valence-electron chi connectivity index (χ2n) is 3.65. The van der Waals surface area contributed by atoms with Gasteiger partial charge in [0.05, 0.1) is 0 Å². The van der Waals surface area contributed by atoms with Gasteiger partial charge >= 0.3 is 0 Å². The highest BCUT2D eigenvalue weighted by Gasteiger charge is 2.04. The quantitative estimate of drug-likeness (QED) is 0.717. The van der Waals surface area contributed by atoms with Gasteiger partial charge in [-0.1, -0.05) is 24.3 Å². The zero-order valence-corrected chi connectivity index (χ0v) is 8.75. The Balaban J connectivity index is 2.60. The van der Waals surface area contributed by atoms with Gasteiger partial charge in [0.15, 0.2) is 0 Å². The monoisotopic (exact) mass is 191 g/mol. The normalized spacial score (nSPS) is 12.4. The van der Waals surface area contributed by atoms with Crippen LogP contribution in [0.25, 0.3) is 0 Å². The fourth-order valence-electron chi connectivity index (χ4n) is 1.24. The molecular formula is C12H17NO. The van der Waals surface area contributed by atoms with Crippen LogP contribution in [0.15, 0.2) is 36.4 Å². The molecule has 0 heterocycles. The number of rotatable bonds is 4. The first-order valence-corrected chi connectivity index (χ1v) is 4.76. The van der Waals surface area contributed by atoms with Crippen molar-refractivity contribution < 1.29 is 5.11 Å². The Morgan fingerprint density at radius 2 is 2.29 bits per heavy atom. The lowest BCUT2D eigenvalue weighted by Gasteiger charge is -2.14. The summed E-state index contributed by atoms with van der Waals surface area (Å²) in [5.74, 6) is 0.312. The molecule has 0 amide bonds. The van der Waals surface area contributed by atoms with Crippen LogP contribution in [-0.2, 0) is 0 Å². The van der Waals surface area contributed by atoms with Gasteiger partial charge in [0.1, 0.15) is 5.75 Å². The molecule has 2 N–H and O–H groups in total. The van der Waals surface area contributed by atoms with Crippen LogP contribution < -0.4 is 5.32 Å². The van der Waals surface area contributed by atoms with Crippen molar-refractivity contribution in [3.63, 3.8) is 0 Å². The van der Waals surface area contributed by atoms with Crippen LogP contribution in [0.5, 0.6) is 5.75 Å². The van der Waals surface area contributed by atoms with E-state index in [2.05, 4.69) is 18.8 Å². The van der Waals surface area contributed by atoms with Crippen LogP contribution in [0, 0.1) is 0 Å². The van der Waals surface area contributed by atoms with E-state index < -0.39 is 0 Å². The largest absolute Gasteiger partial charge is 0.508 e. The molecule has 76 valence electrons. The third kappa shape index (κ3) is 3.23. The lowest BCUT2D eigenvalue weighted by atomic mass is 10.1. The summed E-state index contributed by atoms with van der Waals surface area (Å²) >= 11 is 0. The van der Waals surface area contributed by atoms with Crippen LogP contribution in [-0.4, -0.2) is 11.7 Å². The van der Waals surface area contributed by atoms with Crippen molar-refractivity contribution in [2.45, 2.75) is 19.9 Å². The summed E-state index contributed by atoms with van der Waals surface area (Å²) in [6.45, 7) is 8.68. The minimum absolute atomic E-state index is 0.235. The minimum atomic E-state index is 0.235. The molecule has 1 atom stereocenters. The van der Waals surface area contributed by atoms with Gasteiger partial charge in [0.25, 0.3) is 0 Å². The fraction of sp³-hybridized carbons (Fsp3) is 0.333. The van der Waals surface area contributed by atoms with Gasteiger partial charge in [-0.3, -0.25) is 0 Å². The number of aromatic hydroxyl groups is 1. The molecule has 0 aromatic heterocycles. The second kappa shape index (κ2) is 4.82. The Morgan fingerprint density at radius 3 is 2.86 bits per heavy atom. The number of hydrogen-bond donors (Lipinski definition) is 2.